The van der Waals surface area contributed by atoms with Crippen LogP contribution >= 0.6 is 0 Å². The van der Waals surface area contributed by atoms with Crippen molar-refractivity contribution in [1.29, 1.82) is 0 Å². The Balaban J connectivity index is 1.07. The van der Waals surface area contributed by atoms with E-state index in [0.717, 1.165) is 14.7 Å². The molecule has 2 bridgehead atoms. The lowest BCUT2D eigenvalue weighted by Crippen LogP contribution is -2.61. The molecular weight excluding hydrogens is 1530 g/mol. The average molecular weight is 1630 g/mol. The molecule has 626 valence electrons. The molecule has 19 N–H and O–H groups in total. The number of fused-ring (bicyclic) bond motifs is 5. The number of carbonyl (C=O) groups excluding carboxylic acids is 17. The number of rotatable bonds is 28. The fourth-order valence-electron chi connectivity index (χ4n) is 12.6. The summed E-state index contributed by atoms with van der Waals surface area (Å²) >= 11 is 0. The number of carbonyl (C=O) groups is 17. The van der Waals surface area contributed by atoms with Crippen LogP contribution in [-0.2, 0) is 95.7 Å². The maximum Gasteiger partial charge on any atom is 0.415 e. The molecule has 1 unspecified atom stereocenters. The molecule has 0 radical (unpaired) electrons. The molecule has 1 saturated heterocycles. The maximum atomic E-state index is 15.2. The van der Waals surface area contributed by atoms with Crippen LogP contribution in [0.2, 0.25) is 0 Å². The Hall–Kier alpha value is -11.9. The lowest BCUT2D eigenvalue weighted by atomic mass is 9.94. The molecule has 4 aliphatic rings. The van der Waals surface area contributed by atoms with Gasteiger partial charge in [0.05, 0.1) is 54.0 Å². The van der Waals surface area contributed by atoms with Crippen LogP contribution in [0.4, 0.5) is 20.1 Å². The number of benzene rings is 2. The van der Waals surface area contributed by atoms with Crippen molar-refractivity contribution in [3.05, 3.63) is 77.5 Å². The number of aliphatic hydroxyl groups excluding tert-OH is 3. The number of nitrogens with two attached hydrogens (primary N) is 2. The zero-order valence-electron chi connectivity index (χ0n) is 64.5. The summed E-state index contributed by atoms with van der Waals surface area (Å²) < 4.78 is 26.5. The van der Waals surface area contributed by atoms with Gasteiger partial charge in [0.2, 0.25) is 65.0 Å². The van der Waals surface area contributed by atoms with E-state index in [9.17, 15) is 96.8 Å². The highest BCUT2D eigenvalue weighted by molar-refractivity contribution is 7.85. The Morgan fingerprint density at radius 2 is 1.41 bits per heavy atom. The predicted octanol–water partition coefficient (Wildman–Crippen LogP) is -4.30. The van der Waals surface area contributed by atoms with Gasteiger partial charge >= 0.3 is 18.2 Å². The van der Waals surface area contributed by atoms with Crippen LogP contribution in [0.5, 0.6) is 5.75 Å². The number of ether oxygens (including phenoxy) is 2. The van der Waals surface area contributed by atoms with Gasteiger partial charge in [-0.05, 0) is 72.9 Å². The number of amides is 18. The van der Waals surface area contributed by atoms with Gasteiger partial charge in [0, 0.05) is 107 Å². The first kappa shape index (κ1) is 90.3. The number of nitrogens with one attached hydrogen (secondary N) is 12. The van der Waals surface area contributed by atoms with Crippen molar-refractivity contribution < 1.29 is 111 Å². The number of aromatic nitrogens is 1. The normalized spacial score (nSPS) is 21.6. The number of unbranched alkanes of at least 4 members (excludes halogenated alkanes) is 2. The number of anilines is 1. The summed E-state index contributed by atoms with van der Waals surface area (Å²) in [6.07, 6.45) is -1.31. The third-order valence-electron chi connectivity index (χ3n) is 19.5. The molecule has 1 fully saturated rings. The largest absolute Gasteiger partial charge is 0.445 e. The van der Waals surface area contributed by atoms with Crippen LogP contribution in [0.25, 0.3) is 10.9 Å². The van der Waals surface area contributed by atoms with E-state index in [2.05, 4.69) is 63.5 Å². The molecule has 41 nitrogen and oxygen atoms in total. The molecule has 0 saturated carbocycles. The van der Waals surface area contributed by atoms with E-state index in [0.29, 0.717) is 37.3 Å². The van der Waals surface area contributed by atoms with E-state index >= 15 is 4.21 Å². The smallest absolute Gasteiger partial charge is 0.415 e. The summed E-state index contributed by atoms with van der Waals surface area (Å²) in [5.41, 5.74) is 10.5. The van der Waals surface area contributed by atoms with Gasteiger partial charge in [0.1, 0.15) is 65.4 Å². The highest BCUT2D eigenvalue weighted by atomic mass is 32.2. The topological polar surface area (TPSA) is 600 Å². The molecule has 0 spiro atoms. The second-order valence-electron chi connectivity index (χ2n) is 28.5. The van der Waals surface area contributed by atoms with Crippen LogP contribution in [0.3, 0.4) is 0 Å². The number of likely N-dealkylation sites (N-methyl/N-ethyl adjacent to an activating group) is 2. The average Bonchev–Trinajstić information content (AvgIpc) is 1.64. The fraction of sp³-hybridized carbons (Fsp3) is 0.521. The summed E-state index contributed by atoms with van der Waals surface area (Å²) in [6, 6.07) is -1.68. The minimum absolute atomic E-state index is 0.0242. The van der Waals surface area contributed by atoms with E-state index in [1.165, 1.54) is 68.4 Å². The molecular formula is C73H100N18O23S. The number of hydrogen-bond acceptors (Lipinski definition) is 23. The third kappa shape index (κ3) is 25.8. The number of aliphatic hydroxyl groups is 3. The van der Waals surface area contributed by atoms with Gasteiger partial charge in [0.25, 0.3) is 17.7 Å². The van der Waals surface area contributed by atoms with Crippen LogP contribution < -0.4 is 74.7 Å². The molecule has 4 aliphatic heterocycles. The third-order valence-corrected chi connectivity index (χ3v) is 20.9. The summed E-state index contributed by atoms with van der Waals surface area (Å²) in [4.78, 5) is 237. The molecule has 0 aliphatic carbocycles. The number of aromatic amines is 1. The number of H-pyrrole nitrogens is 1. The monoisotopic (exact) mass is 1630 g/mol. The van der Waals surface area contributed by atoms with Gasteiger partial charge < -0.3 is 114 Å². The van der Waals surface area contributed by atoms with E-state index in [1.54, 1.807) is 39.8 Å². The highest BCUT2D eigenvalue weighted by Crippen LogP contribution is 2.31. The summed E-state index contributed by atoms with van der Waals surface area (Å²) in [5, 5.41) is 59.3. The maximum absolute atomic E-state index is 15.2. The Morgan fingerprint density at radius 3 is 2.05 bits per heavy atom. The molecule has 7 rings (SSSR count). The molecule has 1 aromatic heterocycles. The zero-order chi connectivity index (χ0) is 84.7. The molecule has 3 aromatic rings. The first-order valence-electron chi connectivity index (χ1n) is 37.2. The van der Waals surface area contributed by atoms with Crippen molar-refractivity contribution in [2.24, 2.45) is 29.2 Å². The predicted molar refractivity (Wildman–Crippen MR) is 407 cm³/mol. The van der Waals surface area contributed by atoms with Crippen LogP contribution in [-0.4, -0.2) is 272 Å². The minimum Gasteiger partial charge on any atom is -0.445 e. The quantitative estimate of drug-likeness (QED) is 0.0186. The zero-order valence-corrected chi connectivity index (χ0v) is 65.3. The SMILES string of the molecule is CC[C@H](C)[C@@H]1NC(=O)CNC(=O)[C@H]2Cc3c([nH]c4cc(OC(=O)N(C)CCN(C)C(=O)OCc5ccc(NC(=O)[C@H](CCCNC(N)=O)NC(=O)[C@@H](NC(=O)CCCCCN6C(=O)C=CC6=O)C(C)C)cc5)ccc34)S(=O)C[C@H](NC(=O)CNC1=O)C(=O)N/C(=C/C(N)=O)C(=O)N1C[C@H](O)C[C@H]1C(=O)N[C@@H]([C@@H](C)[C@@H](O)CO)C(=O)N2. The van der Waals surface area contributed by atoms with Gasteiger partial charge in [-0.3, -0.25) is 76.2 Å². The van der Waals surface area contributed by atoms with Crippen molar-refractivity contribution in [1.82, 2.24) is 77.8 Å². The van der Waals surface area contributed by atoms with E-state index in [-0.39, 0.29) is 85.0 Å². The van der Waals surface area contributed by atoms with Crippen molar-refractivity contribution in [3.8, 4) is 5.75 Å². The minimum atomic E-state index is -2.59. The lowest BCUT2D eigenvalue weighted by molar-refractivity contribution is -0.139. The Kier molecular flexibility index (Phi) is 33.2. The van der Waals surface area contributed by atoms with Gasteiger partial charge in [-0.25, -0.2) is 14.4 Å². The standard InChI is InChI=1S/C73H100N18O23S/c1-8-38(4)60-66(105)78-31-55(97)80-50-36-115(112)69-45(29-48(62(101)77-32-56(98)86-60)82-68(107)61(39(5)52(94)34-92)87-65(104)51-27-42(93)33-91(51)70(108)49(30-53(74)95)83-64(50)103)44-20-19-43(28-47(44)84-69)114-73(111)89(7)26-25-88(6)72(110)113-35-40-15-17-41(18-16-40)79-63(102)46(13-12-23-76-71(75)109)81-67(106)59(37(2)3)85-54(96)14-10-9-11-24-90-57(99)21-22-58(90)100/h15-22,28,30,37-39,42,46,48,50-52,59-61,84,92-94H,8-14,23-27,29,31-36H2,1-7H3,(H2,74,95)(H,77,101)(H,78,105)(H,79,102)(H,80,97)(H,81,106)(H,82,107)(H,83,103)(H,85,96)(H,86,98)(H,87,104)(H3,75,76,109)/b49-30+/t38-,39-,42+,46-,48+,50-,51-,52-,59-,60-,61-,115?/m0/s1. The molecule has 12 atom stereocenters. The van der Waals surface area contributed by atoms with Crippen molar-refractivity contribution in [2.75, 3.05) is 77.6 Å². The highest BCUT2D eigenvalue weighted by Gasteiger charge is 2.45. The lowest BCUT2D eigenvalue weighted by Gasteiger charge is -2.32. The van der Waals surface area contributed by atoms with E-state index in [1.807, 2.05) is 0 Å². The number of hydrogen-bond donors (Lipinski definition) is 17. The van der Waals surface area contributed by atoms with Gasteiger partial charge in [-0.1, -0.05) is 59.6 Å². The molecule has 42 heteroatoms. The van der Waals surface area contributed by atoms with Gasteiger partial charge in [-0.2, -0.15) is 0 Å². The summed E-state index contributed by atoms with van der Waals surface area (Å²) in [7, 11) is 0.161. The van der Waals surface area contributed by atoms with Gasteiger partial charge in [0.15, 0.2) is 0 Å². The number of primary amides is 2. The van der Waals surface area contributed by atoms with Crippen molar-refractivity contribution in [2.45, 2.75) is 159 Å². The summed E-state index contributed by atoms with van der Waals surface area (Å²) in [5.74, 6) is -16.4. The Bertz CT molecular complexity index is 4250. The first-order valence-corrected chi connectivity index (χ1v) is 38.5. The molecule has 2 aromatic carbocycles. The Morgan fingerprint density at radius 1 is 0.748 bits per heavy atom. The van der Waals surface area contributed by atoms with E-state index in [4.69, 9.17) is 20.9 Å². The first-order chi connectivity index (χ1) is 54.5. The van der Waals surface area contributed by atoms with Gasteiger partial charge in [-0.15, -0.1) is 0 Å². The molecule has 115 heavy (non-hydrogen) atoms. The fourth-order valence-corrected chi connectivity index (χ4v) is 14.0. The molecule has 18 amide bonds. The number of urea groups is 1. The van der Waals surface area contributed by atoms with Crippen LogP contribution in [0.1, 0.15) is 97.1 Å². The second kappa shape index (κ2) is 42.3. The summed E-state index contributed by atoms with van der Waals surface area (Å²) in [6.45, 7) is 4.44. The second-order valence-corrected chi connectivity index (χ2v) is 30.0. The van der Waals surface area contributed by atoms with E-state index < -0.39 is 235 Å². The molecule has 5 heterocycles. The van der Waals surface area contributed by atoms with Crippen molar-refractivity contribution in [3.63, 3.8) is 0 Å². The number of nitrogens with zero attached hydrogens (tertiary/aromatic N) is 4. The van der Waals surface area contributed by atoms with Crippen molar-refractivity contribution >= 4 is 128 Å². The number of imide groups is 1. The van der Waals surface area contributed by atoms with Crippen LogP contribution in [0.15, 0.2) is 71.4 Å². The van der Waals surface area contributed by atoms with Crippen LogP contribution in [0, 0.1) is 17.8 Å². The Labute approximate surface area is 662 Å².